The molecule has 0 bridgehead atoms. The summed E-state index contributed by atoms with van der Waals surface area (Å²) in [6.45, 7) is 1.92. The van der Waals surface area contributed by atoms with Crippen LogP contribution in [0.4, 0.5) is 0 Å². The van der Waals surface area contributed by atoms with E-state index in [0.29, 0.717) is 11.4 Å². The quantitative estimate of drug-likeness (QED) is 0.297. The van der Waals surface area contributed by atoms with E-state index in [1.54, 1.807) is 0 Å². The van der Waals surface area contributed by atoms with Gasteiger partial charge in [-0.15, -0.1) is 11.3 Å². The molecule has 2 aromatic carbocycles. The Balaban J connectivity index is 1.54. The zero-order valence-electron chi connectivity index (χ0n) is 16.9. The minimum absolute atomic E-state index is 0.0490. The highest BCUT2D eigenvalue weighted by Crippen LogP contribution is 2.30. The zero-order valence-corrected chi connectivity index (χ0v) is 18.6. The van der Waals surface area contributed by atoms with Crippen molar-refractivity contribution in [3.63, 3.8) is 0 Å². The lowest BCUT2D eigenvalue weighted by molar-refractivity contribution is -0.119. The average molecular weight is 448 g/mol. The van der Waals surface area contributed by atoms with Crippen molar-refractivity contribution in [3.05, 3.63) is 88.7 Å². The number of imidazole rings is 1. The van der Waals surface area contributed by atoms with Gasteiger partial charge >= 0.3 is 0 Å². The van der Waals surface area contributed by atoms with Crippen LogP contribution in [0.2, 0.25) is 0 Å². The van der Waals surface area contributed by atoms with Crippen molar-refractivity contribution in [2.75, 3.05) is 5.75 Å². The third-order valence-electron chi connectivity index (χ3n) is 4.59. The van der Waals surface area contributed by atoms with Crippen molar-refractivity contribution >= 4 is 34.8 Å². The van der Waals surface area contributed by atoms with Crippen molar-refractivity contribution in [1.82, 2.24) is 14.9 Å². The van der Waals surface area contributed by atoms with Gasteiger partial charge in [-0.05, 0) is 24.3 Å². The minimum Gasteiger partial charge on any atom is -0.351 e. The van der Waals surface area contributed by atoms with Gasteiger partial charge in [0.1, 0.15) is 0 Å². The van der Waals surface area contributed by atoms with E-state index in [1.807, 2.05) is 66.9 Å². The van der Waals surface area contributed by atoms with E-state index in [-0.39, 0.29) is 17.4 Å². The summed E-state index contributed by atoms with van der Waals surface area (Å²) in [5, 5.41) is 3.53. The number of hydrogen-bond donors (Lipinski definition) is 1. The maximum absolute atomic E-state index is 12.8. The molecule has 5 nitrogen and oxygen atoms in total. The zero-order chi connectivity index (χ0) is 21.6. The number of ketones is 1. The molecule has 156 valence electrons. The molecular formula is C24H21N3O2S2. The van der Waals surface area contributed by atoms with Crippen LogP contribution in [0.15, 0.2) is 84.1 Å². The second-order valence-corrected chi connectivity index (χ2v) is 8.96. The third kappa shape index (κ3) is 5.13. The number of carbonyl (C=O) groups excluding carboxylic acids is 2. The molecule has 31 heavy (non-hydrogen) atoms. The van der Waals surface area contributed by atoms with E-state index < -0.39 is 0 Å². The van der Waals surface area contributed by atoms with Crippen LogP contribution < -0.4 is 5.32 Å². The fourth-order valence-corrected chi connectivity index (χ4v) is 4.96. The van der Waals surface area contributed by atoms with Crippen LogP contribution in [-0.2, 0) is 11.3 Å². The van der Waals surface area contributed by atoms with Gasteiger partial charge in [0.2, 0.25) is 5.91 Å². The molecule has 2 aromatic heterocycles. The molecule has 4 aromatic rings. The lowest BCUT2D eigenvalue weighted by Gasteiger charge is -2.11. The van der Waals surface area contributed by atoms with Gasteiger partial charge in [-0.2, -0.15) is 0 Å². The van der Waals surface area contributed by atoms with E-state index in [9.17, 15) is 9.59 Å². The molecule has 2 heterocycles. The van der Waals surface area contributed by atoms with Gasteiger partial charge < -0.3 is 5.32 Å². The molecule has 0 saturated carbocycles. The highest BCUT2D eigenvalue weighted by atomic mass is 32.2. The van der Waals surface area contributed by atoms with Gasteiger partial charge in [-0.25, -0.2) is 4.98 Å². The molecule has 0 unspecified atom stereocenters. The van der Waals surface area contributed by atoms with Gasteiger partial charge in [0.15, 0.2) is 10.9 Å². The first kappa shape index (κ1) is 21.1. The van der Waals surface area contributed by atoms with Crippen LogP contribution in [0, 0.1) is 0 Å². The monoisotopic (exact) mass is 447 g/mol. The van der Waals surface area contributed by atoms with Crippen molar-refractivity contribution in [3.8, 4) is 16.9 Å². The van der Waals surface area contributed by atoms with Crippen LogP contribution in [-0.4, -0.2) is 27.0 Å². The third-order valence-corrected chi connectivity index (χ3v) is 6.67. The largest absolute Gasteiger partial charge is 0.351 e. The number of thiophene rings is 1. The minimum atomic E-state index is -0.0844. The SMILES string of the molecule is CC(=O)NCc1ccc(C(=O)CSc2ncc(-c3ccccc3)n2-c2ccccc2)s1. The van der Waals surface area contributed by atoms with E-state index >= 15 is 0 Å². The molecule has 0 spiro atoms. The summed E-state index contributed by atoms with van der Waals surface area (Å²) in [5.74, 6) is 0.254. The van der Waals surface area contributed by atoms with Crippen molar-refractivity contribution in [2.45, 2.75) is 18.6 Å². The fourth-order valence-electron chi connectivity index (χ4n) is 3.11. The maximum Gasteiger partial charge on any atom is 0.217 e. The Morgan fingerprint density at radius 2 is 1.71 bits per heavy atom. The average Bonchev–Trinajstić information content (AvgIpc) is 3.44. The number of Topliss-reactive ketones (excluding diaryl/α,β-unsaturated/α-hetero) is 1. The molecule has 4 rings (SSSR count). The maximum atomic E-state index is 12.8. The molecule has 7 heteroatoms. The summed E-state index contributed by atoms with van der Waals surface area (Å²) >= 11 is 2.84. The number of aromatic nitrogens is 2. The predicted octanol–water partition coefficient (Wildman–Crippen LogP) is 5.21. The summed E-state index contributed by atoms with van der Waals surface area (Å²) < 4.78 is 2.09. The van der Waals surface area contributed by atoms with Crippen LogP contribution in [0.3, 0.4) is 0 Å². The highest BCUT2D eigenvalue weighted by molar-refractivity contribution is 7.99. The van der Waals surface area contributed by atoms with Crippen LogP contribution >= 0.6 is 23.1 Å². The molecule has 1 amide bonds. The first-order valence-corrected chi connectivity index (χ1v) is 11.6. The van der Waals surface area contributed by atoms with Gasteiger partial charge in [0, 0.05) is 23.1 Å². The molecule has 0 fully saturated rings. The van der Waals surface area contributed by atoms with E-state index in [0.717, 1.165) is 27.0 Å². The molecule has 0 aliphatic heterocycles. The Bertz CT molecular complexity index is 1180. The molecular weight excluding hydrogens is 426 g/mol. The van der Waals surface area contributed by atoms with Crippen LogP contribution in [0.25, 0.3) is 16.9 Å². The summed E-state index contributed by atoms with van der Waals surface area (Å²) in [6, 6.07) is 23.8. The first-order valence-electron chi connectivity index (χ1n) is 9.79. The fraction of sp³-hybridized carbons (Fsp3) is 0.125. The number of amides is 1. The summed E-state index contributed by atoms with van der Waals surface area (Å²) in [6.07, 6.45) is 1.85. The summed E-state index contributed by atoms with van der Waals surface area (Å²) in [5.41, 5.74) is 3.05. The van der Waals surface area contributed by atoms with Gasteiger partial charge in [-0.1, -0.05) is 60.3 Å². The number of thioether (sulfide) groups is 1. The summed E-state index contributed by atoms with van der Waals surface area (Å²) in [7, 11) is 0. The predicted molar refractivity (Wildman–Crippen MR) is 126 cm³/mol. The number of carbonyl (C=O) groups is 2. The number of para-hydroxylation sites is 1. The molecule has 0 aliphatic rings. The van der Waals surface area contributed by atoms with Gasteiger partial charge in [0.25, 0.3) is 0 Å². The second-order valence-electron chi connectivity index (χ2n) is 6.85. The van der Waals surface area contributed by atoms with Crippen LogP contribution in [0.1, 0.15) is 21.5 Å². The molecule has 1 N–H and O–H groups in total. The first-order chi connectivity index (χ1) is 15.1. The van der Waals surface area contributed by atoms with Crippen molar-refractivity contribution in [1.29, 1.82) is 0 Å². The summed E-state index contributed by atoms with van der Waals surface area (Å²) in [4.78, 5) is 30.1. The Hall–Kier alpha value is -3.16. The van der Waals surface area contributed by atoms with Crippen molar-refractivity contribution < 1.29 is 9.59 Å². The van der Waals surface area contributed by atoms with E-state index in [2.05, 4.69) is 27.0 Å². The Morgan fingerprint density at radius 3 is 2.42 bits per heavy atom. The van der Waals surface area contributed by atoms with Gasteiger partial charge in [-0.3, -0.25) is 14.2 Å². The van der Waals surface area contributed by atoms with Gasteiger partial charge in [0.05, 0.1) is 29.1 Å². The molecule has 0 saturated heterocycles. The van der Waals surface area contributed by atoms with E-state index in [1.165, 1.54) is 30.0 Å². The Morgan fingerprint density at radius 1 is 1.00 bits per heavy atom. The topological polar surface area (TPSA) is 64.0 Å². The number of rotatable bonds is 8. The molecule has 0 atom stereocenters. The number of benzene rings is 2. The second kappa shape index (κ2) is 9.76. The number of nitrogens with zero attached hydrogens (tertiary/aromatic N) is 2. The number of hydrogen-bond acceptors (Lipinski definition) is 5. The Labute approximate surface area is 189 Å². The highest BCUT2D eigenvalue weighted by Gasteiger charge is 2.17. The van der Waals surface area contributed by atoms with E-state index in [4.69, 9.17) is 0 Å². The number of nitrogens with one attached hydrogen (secondary N) is 1. The lowest BCUT2D eigenvalue weighted by atomic mass is 10.1. The molecule has 0 radical (unpaired) electrons. The Kier molecular flexibility index (Phi) is 6.64. The molecule has 0 aliphatic carbocycles. The van der Waals surface area contributed by atoms with Crippen molar-refractivity contribution in [2.24, 2.45) is 0 Å². The standard InChI is InChI=1S/C24H21N3O2S2/c1-17(28)25-14-20-12-13-23(31-20)22(29)16-30-24-26-15-21(18-8-4-2-5-9-18)27(24)19-10-6-3-7-11-19/h2-13,15H,14,16H2,1H3,(H,25,28). The smallest absolute Gasteiger partial charge is 0.217 e. The van der Waals surface area contributed by atoms with Crippen LogP contribution in [0.5, 0.6) is 0 Å². The normalized spacial score (nSPS) is 10.7. The lowest BCUT2D eigenvalue weighted by Crippen LogP contribution is -2.18.